The largest absolute Gasteiger partial charge is 0.313 e. The Morgan fingerprint density at radius 3 is 2.71 bits per heavy atom. The van der Waals surface area contributed by atoms with Gasteiger partial charge in [0.2, 0.25) is 0 Å². The van der Waals surface area contributed by atoms with Crippen LogP contribution < -0.4 is 5.32 Å². The van der Waals surface area contributed by atoms with Crippen LogP contribution in [0.25, 0.3) is 0 Å². The van der Waals surface area contributed by atoms with Gasteiger partial charge in [-0.25, -0.2) is 0 Å². The lowest BCUT2D eigenvalue weighted by Crippen LogP contribution is -2.24. The first-order valence-electron chi connectivity index (χ1n) is 7.10. The van der Waals surface area contributed by atoms with Gasteiger partial charge in [-0.05, 0) is 25.3 Å². The highest BCUT2D eigenvalue weighted by Crippen LogP contribution is 2.21. The van der Waals surface area contributed by atoms with Crippen molar-refractivity contribution in [3.63, 3.8) is 0 Å². The third kappa shape index (κ3) is 5.57. The number of hydrogen-bond donors (Lipinski definition) is 1. The van der Waals surface area contributed by atoms with Gasteiger partial charge in [0.1, 0.15) is 0 Å². The van der Waals surface area contributed by atoms with Crippen molar-refractivity contribution in [2.45, 2.75) is 25.3 Å². The zero-order valence-corrected chi connectivity index (χ0v) is 12.9. The fourth-order valence-corrected chi connectivity index (χ4v) is 3.01. The maximum atomic E-state index is 12.1. The monoisotopic (exact) mass is 311 g/mol. The second-order valence-electron chi connectivity index (χ2n) is 5.51. The SMILES string of the molecule is CS(=O)(=O)OCCC1CN[C@@H](CC(=O)c2ccccc2)C1. The summed E-state index contributed by atoms with van der Waals surface area (Å²) in [5.74, 6) is 0.501. The van der Waals surface area contributed by atoms with Crippen LogP contribution in [0.4, 0.5) is 0 Å². The van der Waals surface area contributed by atoms with Gasteiger partial charge < -0.3 is 5.32 Å². The zero-order valence-electron chi connectivity index (χ0n) is 12.1. The molecule has 0 amide bonds. The smallest absolute Gasteiger partial charge is 0.264 e. The molecule has 0 aromatic heterocycles. The topological polar surface area (TPSA) is 72.5 Å². The summed E-state index contributed by atoms with van der Waals surface area (Å²) in [6.45, 7) is 1.02. The summed E-state index contributed by atoms with van der Waals surface area (Å²) in [5.41, 5.74) is 0.739. The summed E-state index contributed by atoms with van der Waals surface area (Å²) in [6.07, 6.45) is 3.11. The number of rotatable bonds is 7. The van der Waals surface area contributed by atoms with E-state index in [-0.39, 0.29) is 18.4 Å². The molecule has 0 bridgehead atoms. The number of carbonyl (C=O) groups is 1. The molecule has 0 radical (unpaired) electrons. The Kier molecular flexibility index (Phi) is 5.50. The normalized spacial score (nSPS) is 22.3. The summed E-state index contributed by atoms with van der Waals surface area (Å²) in [6, 6.07) is 9.44. The highest BCUT2D eigenvalue weighted by molar-refractivity contribution is 7.85. The molecule has 0 saturated carbocycles. The molecule has 1 aliphatic heterocycles. The Morgan fingerprint density at radius 2 is 2.05 bits per heavy atom. The Bertz CT molecular complexity index is 571. The van der Waals surface area contributed by atoms with Gasteiger partial charge >= 0.3 is 0 Å². The molecule has 1 aromatic rings. The third-order valence-corrected chi connectivity index (χ3v) is 4.26. The minimum absolute atomic E-state index is 0.140. The van der Waals surface area contributed by atoms with Crippen LogP contribution in [0.15, 0.2) is 30.3 Å². The van der Waals surface area contributed by atoms with Crippen LogP contribution in [0.1, 0.15) is 29.6 Å². The van der Waals surface area contributed by atoms with Crippen LogP contribution in [0.5, 0.6) is 0 Å². The first-order chi connectivity index (χ1) is 9.94. The van der Waals surface area contributed by atoms with Crippen molar-refractivity contribution in [2.75, 3.05) is 19.4 Å². The standard InChI is InChI=1S/C15H21NO4S/c1-21(18,19)20-8-7-12-9-14(16-11-12)10-15(17)13-5-3-2-4-6-13/h2-6,12,14,16H,7-11H2,1H3/t12?,14-/m1/s1. The van der Waals surface area contributed by atoms with Crippen molar-refractivity contribution in [3.8, 4) is 0 Å². The molecule has 5 nitrogen and oxygen atoms in total. The number of hydrogen-bond acceptors (Lipinski definition) is 5. The highest BCUT2D eigenvalue weighted by atomic mass is 32.2. The minimum Gasteiger partial charge on any atom is -0.313 e. The fraction of sp³-hybridized carbons (Fsp3) is 0.533. The third-order valence-electron chi connectivity index (χ3n) is 3.66. The lowest BCUT2D eigenvalue weighted by molar-refractivity contribution is 0.0971. The van der Waals surface area contributed by atoms with Crippen molar-refractivity contribution >= 4 is 15.9 Å². The van der Waals surface area contributed by atoms with Gasteiger partial charge in [0.15, 0.2) is 5.78 Å². The average Bonchev–Trinajstić information content (AvgIpc) is 2.86. The molecule has 116 valence electrons. The van der Waals surface area contributed by atoms with Crippen molar-refractivity contribution in [3.05, 3.63) is 35.9 Å². The van der Waals surface area contributed by atoms with Crippen LogP contribution in [0, 0.1) is 5.92 Å². The summed E-state index contributed by atoms with van der Waals surface area (Å²) >= 11 is 0. The first kappa shape index (κ1) is 16.1. The van der Waals surface area contributed by atoms with Gasteiger partial charge in [-0.15, -0.1) is 0 Å². The lowest BCUT2D eigenvalue weighted by Gasteiger charge is -2.10. The fourth-order valence-electron chi connectivity index (χ4n) is 2.61. The molecule has 1 unspecified atom stereocenters. The van der Waals surface area contributed by atoms with E-state index in [1.807, 2.05) is 30.3 Å². The molecule has 0 spiro atoms. The molecule has 1 aromatic carbocycles. The molecular weight excluding hydrogens is 290 g/mol. The van der Waals surface area contributed by atoms with Gasteiger partial charge in [0.05, 0.1) is 12.9 Å². The molecular formula is C15H21NO4S. The molecule has 2 atom stereocenters. The Balaban J connectivity index is 1.74. The van der Waals surface area contributed by atoms with E-state index in [2.05, 4.69) is 5.32 Å². The maximum absolute atomic E-state index is 12.1. The predicted octanol–water partition coefficient (Wildman–Crippen LogP) is 1.60. The molecule has 1 heterocycles. The lowest BCUT2D eigenvalue weighted by atomic mass is 9.97. The molecule has 21 heavy (non-hydrogen) atoms. The number of carbonyl (C=O) groups excluding carboxylic acids is 1. The summed E-state index contributed by atoms with van der Waals surface area (Å²) in [7, 11) is -3.36. The van der Waals surface area contributed by atoms with Crippen molar-refractivity contribution in [1.29, 1.82) is 0 Å². The van der Waals surface area contributed by atoms with Crippen LogP contribution in [-0.2, 0) is 14.3 Å². The van der Waals surface area contributed by atoms with Crippen molar-refractivity contribution in [1.82, 2.24) is 5.32 Å². The van der Waals surface area contributed by atoms with E-state index in [0.29, 0.717) is 18.8 Å². The second-order valence-corrected chi connectivity index (χ2v) is 7.16. The molecule has 6 heteroatoms. The molecule has 1 N–H and O–H groups in total. The van der Waals surface area contributed by atoms with E-state index in [4.69, 9.17) is 4.18 Å². The maximum Gasteiger partial charge on any atom is 0.264 e. The van der Waals surface area contributed by atoms with Gasteiger partial charge in [-0.3, -0.25) is 8.98 Å². The Labute approximate surface area is 125 Å². The van der Waals surface area contributed by atoms with E-state index in [9.17, 15) is 13.2 Å². The molecule has 1 fully saturated rings. The van der Waals surface area contributed by atoms with Crippen molar-refractivity contribution < 1.29 is 17.4 Å². The van der Waals surface area contributed by atoms with Crippen molar-refractivity contribution in [2.24, 2.45) is 5.92 Å². The van der Waals surface area contributed by atoms with Gasteiger partial charge in [-0.1, -0.05) is 30.3 Å². The van der Waals surface area contributed by atoms with E-state index < -0.39 is 10.1 Å². The summed E-state index contributed by atoms with van der Waals surface area (Å²) in [5, 5.41) is 3.33. The zero-order chi connectivity index (χ0) is 15.3. The molecule has 0 aliphatic carbocycles. The summed E-state index contributed by atoms with van der Waals surface area (Å²) in [4.78, 5) is 12.1. The van der Waals surface area contributed by atoms with Gasteiger partial charge in [0.25, 0.3) is 10.1 Å². The number of Topliss-reactive ketones (excluding diaryl/α,β-unsaturated/α-hetero) is 1. The predicted molar refractivity (Wildman–Crippen MR) is 80.7 cm³/mol. The quantitative estimate of drug-likeness (QED) is 0.612. The van der Waals surface area contributed by atoms with E-state index in [0.717, 1.165) is 24.8 Å². The Hall–Kier alpha value is -1.24. The minimum atomic E-state index is -3.36. The van der Waals surface area contributed by atoms with E-state index in [1.165, 1.54) is 0 Å². The van der Waals surface area contributed by atoms with Gasteiger partial charge in [0, 0.05) is 18.0 Å². The second kappa shape index (κ2) is 7.15. The summed E-state index contributed by atoms with van der Waals surface area (Å²) < 4.78 is 26.5. The van der Waals surface area contributed by atoms with Gasteiger partial charge in [-0.2, -0.15) is 8.42 Å². The molecule has 1 aliphatic rings. The molecule has 2 rings (SSSR count). The average molecular weight is 311 g/mol. The highest BCUT2D eigenvalue weighted by Gasteiger charge is 2.26. The van der Waals surface area contributed by atoms with Crippen LogP contribution in [0.2, 0.25) is 0 Å². The number of nitrogens with one attached hydrogen (secondary N) is 1. The molecule has 1 saturated heterocycles. The first-order valence-corrected chi connectivity index (χ1v) is 8.92. The Morgan fingerprint density at radius 1 is 1.33 bits per heavy atom. The van der Waals surface area contributed by atoms with Crippen LogP contribution in [0.3, 0.4) is 0 Å². The number of benzene rings is 1. The van der Waals surface area contributed by atoms with E-state index in [1.54, 1.807) is 0 Å². The number of ketones is 1. The van der Waals surface area contributed by atoms with Crippen LogP contribution in [-0.4, -0.2) is 39.7 Å². The van der Waals surface area contributed by atoms with E-state index >= 15 is 0 Å². The van der Waals surface area contributed by atoms with Crippen LogP contribution >= 0.6 is 0 Å².